The third kappa shape index (κ3) is 4.10. The highest BCUT2D eigenvalue weighted by Gasteiger charge is 2.19. The van der Waals surface area contributed by atoms with Crippen molar-refractivity contribution >= 4 is 17.5 Å². The lowest BCUT2D eigenvalue weighted by Crippen LogP contribution is -2.13. The summed E-state index contributed by atoms with van der Waals surface area (Å²) in [5, 5.41) is 9.94. The average molecular weight is 325 g/mol. The van der Waals surface area contributed by atoms with Crippen LogP contribution in [0.15, 0.2) is 30.3 Å². The number of hydrogen-bond donors (Lipinski definition) is 2. The summed E-state index contributed by atoms with van der Waals surface area (Å²) in [6, 6.07) is 9.33. The molecule has 5 heteroatoms. The highest BCUT2D eigenvalue weighted by atomic mass is 16.2. The molecule has 0 spiro atoms. The van der Waals surface area contributed by atoms with Crippen LogP contribution in [0.25, 0.3) is 0 Å². The molecule has 1 aromatic heterocycles. The Morgan fingerprint density at radius 3 is 2.58 bits per heavy atom. The molecule has 5 nitrogen and oxygen atoms in total. The van der Waals surface area contributed by atoms with E-state index in [0.29, 0.717) is 17.3 Å². The summed E-state index contributed by atoms with van der Waals surface area (Å²) >= 11 is 0. The van der Waals surface area contributed by atoms with Crippen molar-refractivity contribution in [1.82, 2.24) is 10.2 Å². The number of aromatic nitrogens is 2. The Kier molecular flexibility index (Phi) is 5.08. The zero-order valence-electron chi connectivity index (χ0n) is 14.0. The van der Waals surface area contributed by atoms with E-state index in [2.05, 4.69) is 15.5 Å². The van der Waals surface area contributed by atoms with Crippen LogP contribution in [-0.2, 0) is 4.79 Å². The van der Waals surface area contributed by atoms with E-state index >= 15 is 0 Å². The Bertz CT molecular complexity index is 712. The SMILES string of the molecule is Cc1ccc(C(=O)CCC(=O)Nc2cc(C3CCCC3)[nH]n2)cc1. The summed E-state index contributed by atoms with van der Waals surface area (Å²) in [5.41, 5.74) is 2.86. The minimum Gasteiger partial charge on any atom is -0.309 e. The number of carbonyl (C=O) groups excluding carboxylic acids is 2. The predicted molar refractivity (Wildman–Crippen MR) is 93.2 cm³/mol. The first-order valence-electron chi connectivity index (χ1n) is 8.57. The minimum absolute atomic E-state index is 0.0150. The van der Waals surface area contributed by atoms with Gasteiger partial charge in [-0.3, -0.25) is 14.7 Å². The maximum Gasteiger partial charge on any atom is 0.226 e. The molecule has 1 fully saturated rings. The number of benzene rings is 1. The van der Waals surface area contributed by atoms with Gasteiger partial charge in [0.2, 0.25) is 5.91 Å². The number of hydrogen-bond acceptors (Lipinski definition) is 3. The standard InChI is InChI=1S/C19H23N3O2/c1-13-6-8-15(9-7-13)17(23)10-11-19(24)20-18-12-16(21-22-18)14-4-2-3-5-14/h6-9,12,14H,2-5,10-11H2,1H3,(H2,20,21,22,24). The van der Waals surface area contributed by atoms with Gasteiger partial charge >= 0.3 is 0 Å². The molecule has 1 aromatic carbocycles. The number of H-pyrrole nitrogens is 1. The molecule has 1 amide bonds. The lowest BCUT2D eigenvalue weighted by Gasteiger charge is -2.04. The lowest BCUT2D eigenvalue weighted by molar-refractivity contribution is -0.116. The molecule has 2 N–H and O–H groups in total. The predicted octanol–water partition coefficient (Wildman–Crippen LogP) is 3.98. The number of nitrogens with zero attached hydrogens (tertiary/aromatic N) is 1. The van der Waals surface area contributed by atoms with Crippen molar-refractivity contribution in [2.24, 2.45) is 0 Å². The summed E-state index contributed by atoms with van der Waals surface area (Å²) in [7, 11) is 0. The second kappa shape index (κ2) is 7.43. The molecule has 1 aliphatic carbocycles. The molecule has 1 aliphatic rings. The van der Waals surface area contributed by atoms with Gasteiger partial charge in [-0.1, -0.05) is 42.7 Å². The summed E-state index contributed by atoms with van der Waals surface area (Å²) in [6.07, 6.45) is 5.24. The Labute approximate surface area is 141 Å². The lowest BCUT2D eigenvalue weighted by atomic mass is 10.0. The number of aromatic amines is 1. The van der Waals surface area contributed by atoms with Crippen LogP contribution in [0.3, 0.4) is 0 Å². The molecular formula is C19H23N3O2. The van der Waals surface area contributed by atoms with E-state index in [9.17, 15) is 9.59 Å². The molecule has 0 radical (unpaired) electrons. The Morgan fingerprint density at radius 1 is 1.17 bits per heavy atom. The van der Waals surface area contributed by atoms with Gasteiger partial charge in [-0.05, 0) is 19.8 Å². The van der Waals surface area contributed by atoms with Crippen LogP contribution in [0.5, 0.6) is 0 Å². The van der Waals surface area contributed by atoms with E-state index in [-0.39, 0.29) is 24.5 Å². The van der Waals surface area contributed by atoms with E-state index in [4.69, 9.17) is 0 Å². The van der Waals surface area contributed by atoms with Crippen molar-refractivity contribution in [1.29, 1.82) is 0 Å². The van der Waals surface area contributed by atoms with Gasteiger partial charge in [0.25, 0.3) is 0 Å². The van der Waals surface area contributed by atoms with E-state index in [1.807, 2.05) is 25.1 Å². The number of rotatable bonds is 6. The molecule has 3 rings (SSSR count). The van der Waals surface area contributed by atoms with Crippen molar-refractivity contribution in [2.45, 2.75) is 51.4 Å². The zero-order chi connectivity index (χ0) is 16.9. The zero-order valence-corrected chi connectivity index (χ0v) is 14.0. The molecular weight excluding hydrogens is 302 g/mol. The van der Waals surface area contributed by atoms with Gasteiger partial charge < -0.3 is 5.32 Å². The van der Waals surface area contributed by atoms with E-state index in [1.165, 1.54) is 25.7 Å². The van der Waals surface area contributed by atoms with Crippen LogP contribution in [0.2, 0.25) is 0 Å². The quantitative estimate of drug-likeness (QED) is 0.789. The number of amides is 1. The van der Waals surface area contributed by atoms with Crippen LogP contribution >= 0.6 is 0 Å². The van der Waals surface area contributed by atoms with E-state index in [0.717, 1.165) is 11.3 Å². The van der Waals surface area contributed by atoms with Gasteiger partial charge in [0.1, 0.15) is 0 Å². The molecule has 1 saturated carbocycles. The van der Waals surface area contributed by atoms with Gasteiger partial charge in [-0.2, -0.15) is 5.10 Å². The maximum absolute atomic E-state index is 12.1. The van der Waals surface area contributed by atoms with Crippen molar-refractivity contribution < 1.29 is 9.59 Å². The highest BCUT2D eigenvalue weighted by molar-refractivity contribution is 5.99. The van der Waals surface area contributed by atoms with Crippen molar-refractivity contribution in [3.8, 4) is 0 Å². The molecule has 1 heterocycles. The van der Waals surface area contributed by atoms with Crippen LogP contribution in [0, 0.1) is 6.92 Å². The van der Waals surface area contributed by atoms with Crippen LogP contribution in [0.1, 0.15) is 66.1 Å². The summed E-state index contributed by atoms with van der Waals surface area (Å²) < 4.78 is 0. The van der Waals surface area contributed by atoms with Crippen LogP contribution < -0.4 is 5.32 Å². The Hall–Kier alpha value is -2.43. The summed E-state index contributed by atoms with van der Waals surface area (Å²) in [4.78, 5) is 24.1. The van der Waals surface area contributed by atoms with Crippen LogP contribution in [-0.4, -0.2) is 21.9 Å². The van der Waals surface area contributed by atoms with E-state index < -0.39 is 0 Å². The summed E-state index contributed by atoms with van der Waals surface area (Å²) in [5.74, 6) is 0.884. The molecule has 126 valence electrons. The topological polar surface area (TPSA) is 74.8 Å². The van der Waals surface area contributed by atoms with E-state index in [1.54, 1.807) is 12.1 Å². The first kappa shape index (κ1) is 16.4. The largest absolute Gasteiger partial charge is 0.309 e. The average Bonchev–Trinajstić information content (AvgIpc) is 3.24. The number of aryl methyl sites for hydroxylation is 1. The molecule has 24 heavy (non-hydrogen) atoms. The molecule has 0 bridgehead atoms. The number of anilines is 1. The highest BCUT2D eigenvalue weighted by Crippen LogP contribution is 2.33. The number of ketones is 1. The third-order valence-electron chi connectivity index (χ3n) is 4.61. The maximum atomic E-state index is 12.1. The molecule has 0 saturated heterocycles. The van der Waals surface area contributed by atoms with Crippen LogP contribution in [0.4, 0.5) is 5.82 Å². The van der Waals surface area contributed by atoms with Crippen molar-refractivity contribution in [2.75, 3.05) is 5.32 Å². The smallest absolute Gasteiger partial charge is 0.226 e. The number of nitrogens with one attached hydrogen (secondary N) is 2. The molecule has 2 aromatic rings. The fourth-order valence-electron chi connectivity index (χ4n) is 3.16. The third-order valence-corrected chi connectivity index (χ3v) is 4.61. The number of Topliss-reactive ketones (excluding diaryl/α,β-unsaturated/α-hetero) is 1. The van der Waals surface area contributed by atoms with Gasteiger partial charge in [0.05, 0.1) is 0 Å². The monoisotopic (exact) mass is 325 g/mol. The molecule has 0 aliphatic heterocycles. The molecule has 0 atom stereocenters. The summed E-state index contributed by atoms with van der Waals surface area (Å²) in [6.45, 7) is 1.98. The van der Waals surface area contributed by atoms with Crippen molar-refractivity contribution in [3.63, 3.8) is 0 Å². The van der Waals surface area contributed by atoms with Gasteiger partial charge in [-0.15, -0.1) is 0 Å². The van der Waals surface area contributed by atoms with Gasteiger partial charge in [0.15, 0.2) is 11.6 Å². The second-order valence-corrected chi connectivity index (χ2v) is 6.53. The Morgan fingerprint density at radius 2 is 1.88 bits per heavy atom. The minimum atomic E-state index is -0.181. The Balaban J connectivity index is 1.48. The molecule has 0 unspecified atom stereocenters. The normalized spacial score (nSPS) is 14.7. The first-order chi connectivity index (χ1) is 11.6. The van der Waals surface area contributed by atoms with Gasteiger partial charge in [-0.25, -0.2) is 0 Å². The first-order valence-corrected chi connectivity index (χ1v) is 8.57. The van der Waals surface area contributed by atoms with Gasteiger partial charge in [0, 0.05) is 36.1 Å². The second-order valence-electron chi connectivity index (χ2n) is 6.53. The van der Waals surface area contributed by atoms with Crippen molar-refractivity contribution in [3.05, 3.63) is 47.2 Å². The number of carbonyl (C=O) groups is 2. The fourth-order valence-corrected chi connectivity index (χ4v) is 3.16. The fraction of sp³-hybridized carbons (Fsp3) is 0.421.